The highest BCUT2D eigenvalue weighted by Gasteiger charge is 2.31. The predicted octanol–water partition coefficient (Wildman–Crippen LogP) is 2.01. The molecule has 0 bridgehead atoms. The molecule has 0 saturated carbocycles. The quantitative estimate of drug-likeness (QED) is 0.567. The second kappa shape index (κ2) is 8.38. The van der Waals surface area contributed by atoms with E-state index >= 15 is 0 Å². The Bertz CT molecular complexity index is 914. The van der Waals surface area contributed by atoms with E-state index in [9.17, 15) is 23.3 Å². The Kier molecular flexibility index (Phi) is 6.23. The van der Waals surface area contributed by atoms with Gasteiger partial charge in [-0.1, -0.05) is 0 Å². The topological polar surface area (TPSA) is 116 Å². The van der Waals surface area contributed by atoms with E-state index in [4.69, 9.17) is 0 Å². The van der Waals surface area contributed by atoms with E-state index in [1.54, 1.807) is 25.7 Å². The first-order valence-corrected chi connectivity index (χ1v) is 11.6. The van der Waals surface area contributed by atoms with Crippen molar-refractivity contribution in [3.8, 4) is 0 Å². The van der Waals surface area contributed by atoms with Gasteiger partial charge in [0.25, 0.3) is 5.69 Å². The molecular formula is C19H29N5O5S. The number of nitro benzene ring substituents is 1. The minimum atomic E-state index is -3.88. The standard InChI is InChI=1S/C19H29N5O5S/c1-19(2,3)20-30(28,29)15-6-7-16(17(14-15)24(26)27)21-10-12-23(13-11-21)18(25)22-8-4-5-9-22/h6-7,14,20H,4-5,8-13H2,1-3H3. The molecule has 1 aromatic rings. The highest BCUT2D eigenvalue weighted by atomic mass is 32.2. The number of carbonyl (C=O) groups is 1. The molecule has 0 radical (unpaired) electrons. The molecule has 2 aliphatic heterocycles. The first-order valence-electron chi connectivity index (χ1n) is 10.1. The van der Waals surface area contributed by atoms with Gasteiger partial charge in [-0.15, -0.1) is 0 Å². The molecular weight excluding hydrogens is 410 g/mol. The van der Waals surface area contributed by atoms with Crippen molar-refractivity contribution in [3.05, 3.63) is 28.3 Å². The maximum absolute atomic E-state index is 12.6. The molecule has 2 aliphatic rings. The Balaban J connectivity index is 1.76. The Morgan fingerprint density at radius 2 is 1.60 bits per heavy atom. The molecule has 11 heteroatoms. The Morgan fingerprint density at radius 1 is 1.03 bits per heavy atom. The maximum atomic E-state index is 12.6. The number of nitro groups is 1. The summed E-state index contributed by atoms with van der Waals surface area (Å²) in [7, 11) is -3.88. The van der Waals surface area contributed by atoms with Crippen LogP contribution >= 0.6 is 0 Å². The van der Waals surface area contributed by atoms with Gasteiger partial charge in [0.05, 0.1) is 9.82 Å². The lowest BCUT2D eigenvalue weighted by atomic mass is 10.1. The van der Waals surface area contributed by atoms with Crippen molar-refractivity contribution < 1.29 is 18.1 Å². The smallest absolute Gasteiger partial charge is 0.320 e. The predicted molar refractivity (Wildman–Crippen MR) is 113 cm³/mol. The number of benzene rings is 1. The summed E-state index contributed by atoms with van der Waals surface area (Å²) in [6.07, 6.45) is 2.05. The van der Waals surface area contributed by atoms with Crippen molar-refractivity contribution in [2.45, 2.75) is 44.0 Å². The highest BCUT2D eigenvalue weighted by molar-refractivity contribution is 7.89. The van der Waals surface area contributed by atoms with Crippen LogP contribution in [0.3, 0.4) is 0 Å². The summed E-state index contributed by atoms with van der Waals surface area (Å²) in [5.74, 6) is 0. The van der Waals surface area contributed by atoms with E-state index in [0.717, 1.165) is 32.0 Å². The van der Waals surface area contributed by atoms with Crippen LogP contribution in [0.2, 0.25) is 0 Å². The first-order chi connectivity index (χ1) is 14.0. The van der Waals surface area contributed by atoms with E-state index in [0.29, 0.717) is 31.9 Å². The third kappa shape index (κ3) is 5.01. The number of sulfonamides is 1. The third-order valence-corrected chi connectivity index (χ3v) is 6.92. The summed E-state index contributed by atoms with van der Waals surface area (Å²) < 4.78 is 27.6. The molecule has 2 saturated heterocycles. The lowest BCUT2D eigenvalue weighted by Gasteiger charge is -2.37. The average molecular weight is 440 g/mol. The number of rotatable bonds is 4. The normalized spacial score (nSPS) is 18.0. The van der Waals surface area contributed by atoms with Gasteiger partial charge >= 0.3 is 6.03 Å². The van der Waals surface area contributed by atoms with Crippen LogP contribution in [0.4, 0.5) is 16.2 Å². The van der Waals surface area contributed by atoms with Gasteiger partial charge in [-0.2, -0.15) is 0 Å². The number of urea groups is 1. The van der Waals surface area contributed by atoms with Crippen molar-refractivity contribution in [2.24, 2.45) is 0 Å². The van der Waals surface area contributed by atoms with Crippen molar-refractivity contribution in [1.29, 1.82) is 0 Å². The van der Waals surface area contributed by atoms with Crippen LogP contribution in [0, 0.1) is 10.1 Å². The van der Waals surface area contributed by atoms with E-state index in [-0.39, 0.29) is 16.6 Å². The molecule has 1 aromatic carbocycles. The van der Waals surface area contributed by atoms with Gasteiger partial charge in [0.1, 0.15) is 5.69 Å². The third-order valence-electron chi connectivity index (χ3n) is 5.16. The number of nitrogens with one attached hydrogen (secondary N) is 1. The summed E-state index contributed by atoms with van der Waals surface area (Å²) in [4.78, 5) is 29.0. The van der Waals surface area contributed by atoms with Gasteiger partial charge in [-0.25, -0.2) is 17.9 Å². The second-order valence-electron chi connectivity index (χ2n) is 8.71. The first kappa shape index (κ1) is 22.3. The van der Waals surface area contributed by atoms with Crippen molar-refractivity contribution in [2.75, 3.05) is 44.2 Å². The molecule has 0 aromatic heterocycles. The van der Waals surface area contributed by atoms with Gasteiger partial charge in [-0.05, 0) is 45.7 Å². The SMILES string of the molecule is CC(C)(C)NS(=O)(=O)c1ccc(N2CCN(C(=O)N3CCCC3)CC2)c([N+](=O)[O-])c1. The number of nitrogens with zero attached hydrogens (tertiary/aromatic N) is 4. The Hall–Kier alpha value is -2.40. The number of likely N-dealkylation sites (tertiary alicyclic amines) is 1. The van der Waals surface area contributed by atoms with Crippen LogP contribution in [-0.4, -0.2) is 74.0 Å². The van der Waals surface area contributed by atoms with Crippen LogP contribution < -0.4 is 9.62 Å². The maximum Gasteiger partial charge on any atom is 0.320 e. The number of anilines is 1. The van der Waals surface area contributed by atoms with Crippen LogP contribution in [0.5, 0.6) is 0 Å². The lowest BCUT2D eigenvalue weighted by molar-refractivity contribution is -0.384. The molecule has 1 N–H and O–H groups in total. The average Bonchev–Trinajstić information content (AvgIpc) is 3.20. The van der Waals surface area contributed by atoms with Gasteiger partial charge in [0, 0.05) is 50.9 Å². The zero-order valence-corrected chi connectivity index (χ0v) is 18.4. The zero-order valence-electron chi connectivity index (χ0n) is 17.6. The lowest BCUT2D eigenvalue weighted by Crippen LogP contribution is -2.52. The van der Waals surface area contributed by atoms with Crippen LogP contribution in [0.15, 0.2) is 23.1 Å². The molecule has 0 spiro atoms. The summed E-state index contributed by atoms with van der Waals surface area (Å²) in [6, 6.07) is 3.99. The fraction of sp³-hybridized carbons (Fsp3) is 0.632. The van der Waals surface area contributed by atoms with Gasteiger partial charge in [0.15, 0.2) is 0 Å². The highest BCUT2D eigenvalue weighted by Crippen LogP contribution is 2.32. The monoisotopic (exact) mass is 439 g/mol. The molecule has 0 aliphatic carbocycles. The number of piperazine rings is 1. The Morgan fingerprint density at radius 3 is 2.13 bits per heavy atom. The number of hydrogen-bond acceptors (Lipinski definition) is 6. The van der Waals surface area contributed by atoms with E-state index in [1.807, 2.05) is 9.80 Å². The summed E-state index contributed by atoms with van der Waals surface area (Å²) in [5, 5.41) is 11.7. The summed E-state index contributed by atoms with van der Waals surface area (Å²) in [6.45, 7) is 8.52. The summed E-state index contributed by atoms with van der Waals surface area (Å²) in [5.41, 5.74) is -0.598. The van der Waals surface area contributed by atoms with Crippen LogP contribution in [-0.2, 0) is 10.0 Å². The fourth-order valence-corrected chi connectivity index (χ4v) is 5.23. The van der Waals surface area contributed by atoms with E-state index < -0.39 is 20.5 Å². The molecule has 2 fully saturated rings. The largest absolute Gasteiger partial charge is 0.362 e. The Labute approximate surface area is 177 Å². The van der Waals surface area contributed by atoms with Gasteiger partial charge in [0.2, 0.25) is 10.0 Å². The van der Waals surface area contributed by atoms with Crippen LogP contribution in [0.1, 0.15) is 33.6 Å². The minimum absolute atomic E-state index is 0.0244. The number of hydrogen-bond donors (Lipinski definition) is 1. The van der Waals surface area contributed by atoms with Crippen molar-refractivity contribution in [1.82, 2.24) is 14.5 Å². The fourth-order valence-electron chi connectivity index (χ4n) is 3.79. The van der Waals surface area contributed by atoms with Crippen molar-refractivity contribution in [3.63, 3.8) is 0 Å². The molecule has 0 unspecified atom stereocenters. The van der Waals surface area contributed by atoms with Gasteiger partial charge in [-0.3, -0.25) is 10.1 Å². The molecule has 3 rings (SSSR count). The van der Waals surface area contributed by atoms with E-state index in [2.05, 4.69) is 4.72 Å². The van der Waals surface area contributed by atoms with E-state index in [1.165, 1.54) is 12.1 Å². The molecule has 10 nitrogen and oxygen atoms in total. The molecule has 2 heterocycles. The molecule has 166 valence electrons. The minimum Gasteiger partial charge on any atom is -0.362 e. The molecule has 30 heavy (non-hydrogen) atoms. The second-order valence-corrected chi connectivity index (χ2v) is 10.4. The zero-order chi connectivity index (χ0) is 22.1. The van der Waals surface area contributed by atoms with Crippen molar-refractivity contribution >= 4 is 27.4 Å². The number of carbonyl (C=O) groups excluding carboxylic acids is 1. The number of amides is 2. The molecule has 0 atom stereocenters. The summed E-state index contributed by atoms with van der Waals surface area (Å²) >= 11 is 0. The van der Waals surface area contributed by atoms with Crippen LogP contribution in [0.25, 0.3) is 0 Å². The van der Waals surface area contributed by atoms with Gasteiger partial charge < -0.3 is 14.7 Å². The molecule has 2 amide bonds.